The summed E-state index contributed by atoms with van der Waals surface area (Å²) in [6, 6.07) is 5.27. The minimum Gasteiger partial charge on any atom is -0.361 e. The Kier molecular flexibility index (Phi) is 2.07. The smallest absolute Gasteiger partial charge is 0.265 e. The van der Waals surface area contributed by atoms with Crippen LogP contribution in [-0.4, -0.2) is 4.98 Å². The van der Waals surface area contributed by atoms with E-state index in [1.807, 2.05) is 6.07 Å². The average Bonchev–Trinajstić information content (AvgIpc) is 2.46. The van der Waals surface area contributed by atoms with Crippen molar-refractivity contribution in [1.29, 1.82) is 0 Å². The summed E-state index contributed by atoms with van der Waals surface area (Å²) in [5.41, 5.74) is 0.787. The van der Waals surface area contributed by atoms with E-state index < -0.39 is 6.43 Å². The molecule has 0 aliphatic carbocycles. The second-order valence-corrected chi connectivity index (χ2v) is 3.65. The summed E-state index contributed by atoms with van der Waals surface area (Å²) in [5.74, 6) is 0. The van der Waals surface area contributed by atoms with Gasteiger partial charge in [0.15, 0.2) is 0 Å². The zero-order valence-corrected chi connectivity index (χ0v) is 8.11. The molecule has 0 spiro atoms. The van der Waals surface area contributed by atoms with E-state index in [-0.39, 0.29) is 5.56 Å². The Morgan fingerprint density at radius 2 is 2.08 bits per heavy atom. The Morgan fingerprint density at radius 3 is 2.77 bits per heavy atom. The molecule has 1 heterocycles. The maximum Gasteiger partial charge on any atom is 0.265 e. The van der Waals surface area contributed by atoms with E-state index in [9.17, 15) is 8.78 Å². The molecule has 0 radical (unpaired) electrons. The molecular weight excluding hydrogens is 240 g/mol. The first-order chi connectivity index (χ1) is 6.18. The van der Waals surface area contributed by atoms with Crippen LogP contribution in [-0.2, 0) is 0 Å². The van der Waals surface area contributed by atoms with Crippen LogP contribution in [0.5, 0.6) is 0 Å². The largest absolute Gasteiger partial charge is 0.361 e. The molecule has 0 saturated heterocycles. The number of nitrogens with one attached hydrogen (secondary N) is 1. The molecule has 0 saturated carbocycles. The van der Waals surface area contributed by atoms with Gasteiger partial charge in [-0.1, -0.05) is 15.9 Å². The average molecular weight is 246 g/mol. The number of hydrogen-bond acceptors (Lipinski definition) is 0. The van der Waals surface area contributed by atoms with Gasteiger partial charge in [-0.2, -0.15) is 0 Å². The molecule has 68 valence electrons. The van der Waals surface area contributed by atoms with Gasteiger partial charge in [0.05, 0.1) is 0 Å². The number of fused-ring (bicyclic) bond motifs is 1. The summed E-state index contributed by atoms with van der Waals surface area (Å²) in [6.07, 6.45) is -1.08. The highest BCUT2D eigenvalue weighted by molar-refractivity contribution is 9.10. The van der Waals surface area contributed by atoms with E-state index >= 15 is 0 Å². The summed E-state index contributed by atoms with van der Waals surface area (Å²) in [4.78, 5) is 2.80. The number of hydrogen-bond donors (Lipinski definition) is 1. The molecule has 0 atom stereocenters. The van der Waals surface area contributed by atoms with E-state index in [2.05, 4.69) is 20.9 Å². The van der Waals surface area contributed by atoms with E-state index in [0.717, 1.165) is 9.99 Å². The fourth-order valence-electron chi connectivity index (χ4n) is 1.29. The molecule has 2 aromatic rings. The Bertz CT molecular complexity index is 436. The summed E-state index contributed by atoms with van der Waals surface area (Å²) in [6.45, 7) is 0. The molecule has 2 rings (SSSR count). The lowest BCUT2D eigenvalue weighted by Gasteiger charge is -1.96. The monoisotopic (exact) mass is 245 g/mol. The van der Waals surface area contributed by atoms with E-state index in [4.69, 9.17) is 0 Å². The topological polar surface area (TPSA) is 15.8 Å². The van der Waals surface area contributed by atoms with Crippen LogP contribution in [0.4, 0.5) is 8.78 Å². The van der Waals surface area contributed by atoms with Crippen molar-refractivity contribution >= 4 is 26.8 Å². The number of aromatic amines is 1. The lowest BCUT2D eigenvalue weighted by molar-refractivity contribution is 0.153. The van der Waals surface area contributed by atoms with E-state index in [0.29, 0.717) is 5.39 Å². The highest BCUT2D eigenvalue weighted by Gasteiger charge is 2.12. The van der Waals surface area contributed by atoms with Crippen LogP contribution in [0.25, 0.3) is 10.9 Å². The molecule has 0 unspecified atom stereocenters. The zero-order chi connectivity index (χ0) is 9.42. The highest BCUT2D eigenvalue weighted by Crippen LogP contribution is 2.29. The second kappa shape index (κ2) is 3.10. The zero-order valence-electron chi connectivity index (χ0n) is 6.52. The van der Waals surface area contributed by atoms with Crippen molar-refractivity contribution in [2.45, 2.75) is 6.43 Å². The van der Waals surface area contributed by atoms with Crippen LogP contribution in [0, 0.1) is 0 Å². The van der Waals surface area contributed by atoms with E-state index in [1.165, 1.54) is 6.20 Å². The quantitative estimate of drug-likeness (QED) is 0.786. The number of aromatic nitrogens is 1. The minimum atomic E-state index is -2.43. The van der Waals surface area contributed by atoms with Crippen LogP contribution in [0.2, 0.25) is 0 Å². The molecule has 1 nitrogen and oxygen atoms in total. The lowest BCUT2D eigenvalue weighted by Crippen LogP contribution is -1.79. The number of H-pyrrole nitrogens is 1. The maximum atomic E-state index is 12.4. The summed E-state index contributed by atoms with van der Waals surface area (Å²) in [5, 5.41) is 0.573. The van der Waals surface area contributed by atoms with Gasteiger partial charge in [0.1, 0.15) is 0 Å². The van der Waals surface area contributed by atoms with Crippen LogP contribution in [0.1, 0.15) is 12.0 Å². The standard InChI is InChI=1S/C9H6BrF2N/c10-5-1-2-8-6(3-5)7(4-13-8)9(11)12/h1-4,9,13H. The SMILES string of the molecule is FC(F)c1c[nH]c2ccc(Br)cc12. The fraction of sp³-hybridized carbons (Fsp3) is 0.111. The Morgan fingerprint density at radius 1 is 1.31 bits per heavy atom. The number of halogens is 3. The van der Waals surface area contributed by atoms with Gasteiger partial charge in [-0.25, -0.2) is 8.78 Å². The third-order valence-electron chi connectivity index (χ3n) is 1.91. The molecule has 0 fully saturated rings. The van der Waals surface area contributed by atoms with Crippen molar-refractivity contribution in [3.05, 3.63) is 34.4 Å². The van der Waals surface area contributed by atoms with Crippen LogP contribution < -0.4 is 0 Å². The molecule has 1 N–H and O–H groups in total. The number of benzene rings is 1. The highest BCUT2D eigenvalue weighted by atomic mass is 79.9. The Labute approximate surface area is 81.9 Å². The summed E-state index contributed by atoms with van der Waals surface area (Å²) in [7, 11) is 0. The number of alkyl halides is 2. The van der Waals surface area contributed by atoms with E-state index in [1.54, 1.807) is 12.1 Å². The van der Waals surface area contributed by atoms with Crippen molar-refractivity contribution in [2.75, 3.05) is 0 Å². The Balaban J connectivity index is 2.71. The van der Waals surface area contributed by atoms with Gasteiger partial charge in [0.2, 0.25) is 0 Å². The lowest BCUT2D eigenvalue weighted by atomic mass is 10.2. The van der Waals surface area contributed by atoms with Crippen LogP contribution in [0.15, 0.2) is 28.9 Å². The molecule has 13 heavy (non-hydrogen) atoms. The van der Waals surface area contributed by atoms with Crippen molar-refractivity contribution < 1.29 is 8.78 Å². The Hall–Kier alpha value is -0.900. The van der Waals surface area contributed by atoms with Gasteiger partial charge < -0.3 is 4.98 Å². The van der Waals surface area contributed by atoms with Gasteiger partial charge in [0.25, 0.3) is 6.43 Å². The van der Waals surface area contributed by atoms with Gasteiger partial charge >= 0.3 is 0 Å². The van der Waals surface area contributed by atoms with Crippen LogP contribution in [0.3, 0.4) is 0 Å². The first-order valence-corrected chi connectivity index (χ1v) is 4.52. The molecular formula is C9H6BrF2N. The van der Waals surface area contributed by atoms with Gasteiger partial charge in [-0.05, 0) is 18.2 Å². The second-order valence-electron chi connectivity index (χ2n) is 2.73. The van der Waals surface area contributed by atoms with Gasteiger partial charge in [0, 0.05) is 27.1 Å². The maximum absolute atomic E-state index is 12.4. The molecule has 4 heteroatoms. The number of rotatable bonds is 1. The first kappa shape index (κ1) is 8.69. The normalized spacial score (nSPS) is 11.4. The minimum absolute atomic E-state index is 0.0521. The summed E-state index contributed by atoms with van der Waals surface area (Å²) < 4.78 is 25.7. The first-order valence-electron chi connectivity index (χ1n) is 3.73. The molecule has 0 amide bonds. The predicted octanol–water partition coefficient (Wildman–Crippen LogP) is 3.87. The fourth-order valence-corrected chi connectivity index (χ4v) is 1.66. The van der Waals surface area contributed by atoms with Gasteiger partial charge in [-0.15, -0.1) is 0 Å². The predicted molar refractivity (Wildman–Crippen MR) is 51.0 cm³/mol. The van der Waals surface area contributed by atoms with Crippen molar-refractivity contribution in [2.24, 2.45) is 0 Å². The van der Waals surface area contributed by atoms with Crippen molar-refractivity contribution in [1.82, 2.24) is 4.98 Å². The summed E-state index contributed by atoms with van der Waals surface area (Å²) >= 11 is 3.24. The molecule has 1 aromatic carbocycles. The van der Waals surface area contributed by atoms with Crippen molar-refractivity contribution in [3.8, 4) is 0 Å². The third-order valence-corrected chi connectivity index (χ3v) is 2.40. The molecule has 0 aliphatic rings. The molecule has 0 bridgehead atoms. The van der Waals surface area contributed by atoms with Crippen molar-refractivity contribution in [3.63, 3.8) is 0 Å². The van der Waals surface area contributed by atoms with Crippen LogP contribution >= 0.6 is 15.9 Å². The van der Waals surface area contributed by atoms with Gasteiger partial charge in [-0.3, -0.25) is 0 Å². The molecule has 1 aromatic heterocycles. The third kappa shape index (κ3) is 1.46. The molecule has 0 aliphatic heterocycles.